The summed E-state index contributed by atoms with van der Waals surface area (Å²) in [6, 6.07) is 12.1. The predicted molar refractivity (Wildman–Crippen MR) is 79.7 cm³/mol. The summed E-state index contributed by atoms with van der Waals surface area (Å²) in [7, 11) is 0. The van der Waals surface area contributed by atoms with Crippen LogP contribution in [-0.4, -0.2) is 6.04 Å². The van der Waals surface area contributed by atoms with Crippen LogP contribution in [0.2, 0.25) is 0 Å². The third-order valence-corrected chi connectivity index (χ3v) is 5.17. The van der Waals surface area contributed by atoms with Crippen molar-refractivity contribution in [2.45, 2.75) is 29.5 Å². The fourth-order valence-corrected chi connectivity index (χ4v) is 3.49. The zero-order valence-electron chi connectivity index (χ0n) is 10.2. The molecule has 2 aromatic rings. The predicted octanol–water partition coefficient (Wildman–Crippen LogP) is 4.61. The van der Waals surface area contributed by atoms with Gasteiger partial charge >= 0.3 is 0 Å². The summed E-state index contributed by atoms with van der Waals surface area (Å²) >= 11 is 5.31. The quantitative estimate of drug-likeness (QED) is 0.815. The molecule has 1 aromatic heterocycles. The molecule has 0 spiro atoms. The molecule has 0 saturated carbocycles. The minimum atomic E-state index is 0.0771. The maximum atomic E-state index is 6.21. The molecule has 2 nitrogen and oxygen atoms in total. The van der Waals surface area contributed by atoms with Crippen molar-refractivity contribution in [2.75, 3.05) is 0 Å². The van der Waals surface area contributed by atoms with Gasteiger partial charge in [0.25, 0.3) is 0 Å². The standard InChI is InChI=1S/C14H16BrNOS/c1-2-11(16)14(12-7-5-9-17-12)18-13-8-4-3-6-10(13)15/h3-9,11,14H,2,16H2,1H3. The van der Waals surface area contributed by atoms with Crippen LogP contribution >= 0.6 is 27.7 Å². The molecule has 18 heavy (non-hydrogen) atoms. The topological polar surface area (TPSA) is 39.2 Å². The van der Waals surface area contributed by atoms with Crippen molar-refractivity contribution in [3.05, 3.63) is 52.9 Å². The number of thioether (sulfide) groups is 1. The lowest BCUT2D eigenvalue weighted by Gasteiger charge is -2.20. The number of hydrogen-bond donors (Lipinski definition) is 1. The maximum absolute atomic E-state index is 6.21. The second-order valence-corrected chi connectivity index (χ2v) is 6.09. The highest BCUT2D eigenvalue weighted by atomic mass is 79.9. The summed E-state index contributed by atoms with van der Waals surface area (Å²) in [4.78, 5) is 1.18. The Labute approximate surface area is 120 Å². The van der Waals surface area contributed by atoms with E-state index in [1.54, 1.807) is 18.0 Å². The minimum Gasteiger partial charge on any atom is -0.468 e. The fourth-order valence-electron chi connectivity index (χ4n) is 1.70. The van der Waals surface area contributed by atoms with Gasteiger partial charge in [-0.25, -0.2) is 0 Å². The number of furan rings is 1. The molecule has 0 amide bonds. The minimum absolute atomic E-state index is 0.0771. The lowest BCUT2D eigenvalue weighted by Crippen LogP contribution is -2.25. The summed E-state index contributed by atoms with van der Waals surface area (Å²) in [5, 5.41) is 0.142. The van der Waals surface area contributed by atoms with Crippen LogP contribution in [0.4, 0.5) is 0 Å². The molecule has 2 unspecified atom stereocenters. The van der Waals surface area contributed by atoms with Gasteiger partial charge in [-0.05, 0) is 46.6 Å². The monoisotopic (exact) mass is 325 g/mol. The molecule has 2 N–H and O–H groups in total. The Morgan fingerprint density at radius 3 is 2.67 bits per heavy atom. The van der Waals surface area contributed by atoms with Crippen LogP contribution in [-0.2, 0) is 0 Å². The Hall–Kier alpha value is -0.710. The van der Waals surface area contributed by atoms with Crippen molar-refractivity contribution in [1.29, 1.82) is 0 Å². The third kappa shape index (κ3) is 3.19. The van der Waals surface area contributed by atoms with E-state index >= 15 is 0 Å². The molecule has 0 saturated heterocycles. The van der Waals surface area contributed by atoms with Gasteiger partial charge in [-0.2, -0.15) is 0 Å². The Balaban J connectivity index is 2.24. The zero-order chi connectivity index (χ0) is 13.0. The molecule has 4 heteroatoms. The first-order valence-electron chi connectivity index (χ1n) is 5.92. The first kappa shape index (κ1) is 13.7. The van der Waals surface area contributed by atoms with E-state index in [1.165, 1.54) is 4.90 Å². The second kappa shape index (κ2) is 6.45. The van der Waals surface area contributed by atoms with Gasteiger partial charge in [0.05, 0.1) is 11.5 Å². The third-order valence-electron chi connectivity index (χ3n) is 2.77. The second-order valence-electron chi connectivity index (χ2n) is 4.06. The first-order chi connectivity index (χ1) is 8.72. The Morgan fingerprint density at radius 2 is 2.06 bits per heavy atom. The van der Waals surface area contributed by atoms with Gasteiger partial charge in [-0.1, -0.05) is 19.1 Å². The molecular weight excluding hydrogens is 310 g/mol. The van der Waals surface area contributed by atoms with Crippen LogP contribution in [0.5, 0.6) is 0 Å². The van der Waals surface area contributed by atoms with Crippen LogP contribution in [0.15, 0.2) is 56.4 Å². The summed E-state index contributed by atoms with van der Waals surface area (Å²) in [6.45, 7) is 2.10. The average Bonchev–Trinajstić information content (AvgIpc) is 2.90. The molecule has 0 radical (unpaired) electrons. The van der Waals surface area contributed by atoms with E-state index in [4.69, 9.17) is 10.2 Å². The Kier molecular flexibility index (Phi) is 4.92. The van der Waals surface area contributed by atoms with E-state index in [0.717, 1.165) is 16.7 Å². The fraction of sp³-hybridized carbons (Fsp3) is 0.286. The van der Waals surface area contributed by atoms with E-state index in [2.05, 4.69) is 28.9 Å². The van der Waals surface area contributed by atoms with Gasteiger partial charge in [0, 0.05) is 15.4 Å². The highest BCUT2D eigenvalue weighted by Gasteiger charge is 2.23. The number of nitrogens with two attached hydrogens (primary N) is 1. The molecule has 2 atom stereocenters. The van der Waals surface area contributed by atoms with Gasteiger partial charge in [-0.15, -0.1) is 11.8 Å². The van der Waals surface area contributed by atoms with Crippen molar-refractivity contribution >= 4 is 27.7 Å². The molecule has 0 aliphatic heterocycles. The lowest BCUT2D eigenvalue weighted by atomic mass is 10.1. The Bertz CT molecular complexity index is 486. The maximum Gasteiger partial charge on any atom is 0.118 e. The molecular formula is C14H16BrNOS. The van der Waals surface area contributed by atoms with E-state index in [0.29, 0.717) is 0 Å². The van der Waals surface area contributed by atoms with Crippen LogP contribution in [0.1, 0.15) is 24.4 Å². The molecule has 0 aliphatic carbocycles. The van der Waals surface area contributed by atoms with Crippen LogP contribution < -0.4 is 5.73 Å². The highest BCUT2D eigenvalue weighted by molar-refractivity contribution is 9.10. The number of hydrogen-bond acceptors (Lipinski definition) is 3. The van der Waals surface area contributed by atoms with Gasteiger partial charge in [0.2, 0.25) is 0 Å². The van der Waals surface area contributed by atoms with E-state index in [-0.39, 0.29) is 11.3 Å². The lowest BCUT2D eigenvalue weighted by molar-refractivity contribution is 0.474. The average molecular weight is 326 g/mol. The highest BCUT2D eigenvalue weighted by Crippen LogP contribution is 2.41. The van der Waals surface area contributed by atoms with Crippen molar-refractivity contribution in [3.63, 3.8) is 0 Å². The normalized spacial score (nSPS) is 14.4. The molecule has 96 valence electrons. The largest absolute Gasteiger partial charge is 0.468 e. The number of halogens is 1. The summed E-state index contributed by atoms with van der Waals surface area (Å²) < 4.78 is 6.61. The van der Waals surface area contributed by atoms with E-state index in [9.17, 15) is 0 Å². The molecule has 1 heterocycles. The van der Waals surface area contributed by atoms with Crippen molar-refractivity contribution in [2.24, 2.45) is 5.73 Å². The molecule has 2 rings (SSSR count). The summed E-state index contributed by atoms with van der Waals surface area (Å²) in [5.74, 6) is 0.935. The van der Waals surface area contributed by atoms with Crippen molar-refractivity contribution < 1.29 is 4.42 Å². The number of rotatable bonds is 5. The van der Waals surface area contributed by atoms with Crippen molar-refractivity contribution in [3.8, 4) is 0 Å². The van der Waals surface area contributed by atoms with Crippen molar-refractivity contribution in [1.82, 2.24) is 0 Å². The van der Waals surface area contributed by atoms with Gasteiger partial charge in [0.15, 0.2) is 0 Å². The van der Waals surface area contributed by atoms with Crippen LogP contribution in [0, 0.1) is 0 Å². The van der Waals surface area contributed by atoms with Crippen LogP contribution in [0.3, 0.4) is 0 Å². The van der Waals surface area contributed by atoms with Crippen LogP contribution in [0.25, 0.3) is 0 Å². The van der Waals surface area contributed by atoms with E-state index < -0.39 is 0 Å². The Morgan fingerprint density at radius 1 is 1.28 bits per heavy atom. The number of benzene rings is 1. The smallest absolute Gasteiger partial charge is 0.118 e. The summed E-state index contributed by atoms with van der Waals surface area (Å²) in [5.41, 5.74) is 6.21. The molecule has 0 aliphatic rings. The first-order valence-corrected chi connectivity index (χ1v) is 7.59. The molecule has 0 fully saturated rings. The van der Waals surface area contributed by atoms with Gasteiger partial charge in [-0.3, -0.25) is 0 Å². The molecule has 1 aromatic carbocycles. The van der Waals surface area contributed by atoms with Gasteiger partial charge < -0.3 is 10.2 Å². The SMILES string of the molecule is CCC(N)C(Sc1ccccc1Br)c1ccco1. The van der Waals surface area contributed by atoms with Gasteiger partial charge in [0.1, 0.15) is 5.76 Å². The summed E-state index contributed by atoms with van der Waals surface area (Å²) in [6.07, 6.45) is 2.62. The zero-order valence-corrected chi connectivity index (χ0v) is 12.6. The van der Waals surface area contributed by atoms with E-state index in [1.807, 2.05) is 30.3 Å². The molecule has 0 bridgehead atoms.